The number of aliphatic carboxylic acids is 1. The number of nitrogens with zero attached hydrogens (tertiary/aromatic N) is 1. The van der Waals surface area contributed by atoms with E-state index >= 15 is 0 Å². The lowest BCUT2D eigenvalue weighted by Gasteiger charge is -2.21. The normalized spacial score (nSPS) is 13.7. The minimum absolute atomic E-state index is 0.107. The molecule has 1 aliphatic rings. The molecular formula is C25H27N3O5. The number of nitrogens with one attached hydrogen (secondary N) is 2. The van der Waals surface area contributed by atoms with Gasteiger partial charge in [0, 0.05) is 18.4 Å². The van der Waals surface area contributed by atoms with Gasteiger partial charge in [-0.3, -0.25) is 9.59 Å². The van der Waals surface area contributed by atoms with Crippen molar-refractivity contribution in [1.82, 2.24) is 10.6 Å². The van der Waals surface area contributed by atoms with Crippen molar-refractivity contribution in [3.63, 3.8) is 0 Å². The van der Waals surface area contributed by atoms with Crippen molar-refractivity contribution in [2.24, 2.45) is 0 Å². The monoisotopic (exact) mass is 449 g/mol. The van der Waals surface area contributed by atoms with Crippen LogP contribution in [0, 0.1) is 11.3 Å². The Hall–Kier alpha value is -3.86. The van der Waals surface area contributed by atoms with E-state index in [4.69, 9.17) is 15.1 Å². The lowest BCUT2D eigenvalue weighted by Crippen LogP contribution is -2.49. The highest BCUT2D eigenvalue weighted by Gasteiger charge is 2.30. The van der Waals surface area contributed by atoms with Crippen molar-refractivity contribution in [3.05, 3.63) is 59.7 Å². The lowest BCUT2D eigenvalue weighted by atomic mass is 9.98. The van der Waals surface area contributed by atoms with Crippen molar-refractivity contribution < 1.29 is 24.2 Å². The highest BCUT2D eigenvalue weighted by molar-refractivity contribution is 5.86. The van der Waals surface area contributed by atoms with Crippen LogP contribution >= 0.6 is 0 Å². The molecule has 1 aliphatic carbocycles. The zero-order valence-corrected chi connectivity index (χ0v) is 18.4. The molecule has 8 nitrogen and oxygen atoms in total. The van der Waals surface area contributed by atoms with Crippen LogP contribution in [0.3, 0.4) is 0 Å². The molecule has 3 rings (SSSR count). The first-order chi connectivity index (χ1) is 15.9. The van der Waals surface area contributed by atoms with Crippen molar-refractivity contribution >= 4 is 18.0 Å². The second-order valence-corrected chi connectivity index (χ2v) is 8.08. The molecule has 3 N–H and O–H groups in total. The van der Waals surface area contributed by atoms with E-state index in [1.165, 1.54) is 0 Å². The molecule has 8 heteroatoms. The molecule has 0 aliphatic heterocycles. The van der Waals surface area contributed by atoms with Crippen LogP contribution in [0.4, 0.5) is 4.79 Å². The summed E-state index contributed by atoms with van der Waals surface area (Å²) in [6.45, 7) is 1.69. The molecule has 0 radical (unpaired) electrons. The van der Waals surface area contributed by atoms with Crippen LogP contribution in [0.1, 0.15) is 49.7 Å². The maximum absolute atomic E-state index is 12.6. The van der Waals surface area contributed by atoms with Gasteiger partial charge in [-0.05, 0) is 42.0 Å². The fourth-order valence-corrected chi connectivity index (χ4v) is 4.09. The van der Waals surface area contributed by atoms with E-state index in [-0.39, 0.29) is 31.8 Å². The van der Waals surface area contributed by atoms with E-state index in [0.29, 0.717) is 6.42 Å². The first-order valence-electron chi connectivity index (χ1n) is 10.9. The summed E-state index contributed by atoms with van der Waals surface area (Å²) < 4.78 is 5.51. The number of amides is 2. The molecule has 0 fully saturated rings. The van der Waals surface area contributed by atoms with Gasteiger partial charge in [-0.25, -0.2) is 4.79 Å². The van der Waals surface area contributed by atoms with Crippen LogP contribution in [0.15, 0.2) is 48.5 Å². The Labute approximate surface area is 192 Å². The number of carbonyl (C=O) groups excluding carboxylic acids is 2. The zero-order chi connectivity index (χ0) is 23.8. The summed E-state index contributed by atoms with van der Waals surface area (Å²) in [4.78, 5) is 36.0. The second kappa shape index (κ2) is 11.1. The summed E-state index contributed by atoms with van der Waals surface area (Å²) in [5.74, 6) is -1.65. The van der Waals surface area contributed by atoms with Gasteiger partial charge < -0.3 is 20.5 Å². The molecule has 2 aromatic carbocycles. The van der Waals surface area contributed by atoms with Gasteiger partial charge in [-0.15, -0.1) is 0 Å². The third-order valence-corrected chi connectivity index (χ3v) is 5.60. The molecule has 2 amide bonds. The van der Waals surface area contributed by atoms with Gasteiger partial charge >= 0.3 is 12.1 Å². The van der Waals surface area contributed by atoms with E-state index in [1.807, 2.05) is 54.6 Å². The Morgan fingerprint density at radius 3 is 2.24 bits per heavy atom. The van der Waals surface area contributed by atoms with E-state index in [2.05, 4.69) is 10.6 Å². The summed E-state index contributed by atoms with van der Waals surface area (Å²) >= 11 is 0. The van der Waals surface area contributed by atoms with Gasteiger partial charge in [0.05, 0.1) is 12.5 Å². The number of carboxylic acid groups (broad SMARTS) is 1. The minimum Gasteiger partial charge on any atom is -0.481 e. The van der Waals surface area contributed by atoms with Gasteiger partial charge in [0.25, 0.3) is 0 Å². The summed E-state index contributed by atoms with van der Waals surface area (Å²) in [7, 11) is 0. The van der Waals surface area contributed by atoms with Crippen LogP contribution < -0.4 is 10.6 Å². The van der Waals surface area contributed by atoms with Crippen LogP contribution in [0.2, 0.25) is 0 Å². The predicted octanol–water partition coefficient (Wildman–Crippen LogP) is 3.57. The van der Waals surface area contributed by atoms with E-state index in [0.717, 1.165) is 22.3 Å². The van der Waals surface area contributed by atoms with Crippen molar-refractivity contribution in [1.29, 1.82) is 5.26 Å². The van der Waals surface area contributed by atoms with Gasteiger partial charge in [0.15, 0.2) is 0 Å². The zero-order valence-electron chi connectivity index (χ0n) is 18.4. The summed E-state index contributed by atoms with van der Waals surface area (Å²) in [6.07, 6.45) is -0.0861. The SMILES string of the molecule is C[C@H](CC(=O)O)NC(=O)C(CCCC#N)NC(=O)OCC1c2ccccc2-c2ccccc21. The third-order valence-electron chi connectivity index (χ3n) is 5.60. The molecule has 0 heterocycles. The van der Waals surface area contributed by atoms with E-state index in [9.17, 15) is 14.4 Å². The fraction of sp³-hybridized carbons (Fsp3) is 0.360. The average Bonchev–Trinajstić information content (AvgIpc) is 3.10. The summed E-state index contributed by atoms with van der Waals surface area (Å²) in [5, 5.41) is 22.8. The molecule has 0 saturated heterocycles. The average molecular weight is 450 g/mol. The molecule has 172 valence electrons. The van der Waals surface area contributed by atoms with Crippen LogP contribution in [0.25, 0.3) is 11.1 Å². The number of carboxylic acids is 1. The number of fused-ring (bicyclic) bond motifs is 3. The van der Waals surface area contributed by atoms with Gasteiger partial charge in [-0.1, -0.05) is 48.5 Å². The number of benzene rings is 2. The molecule has 0 saturated carbocycles. The van der Waals surface area contributed by atoms with Crippen molar-refractivity contribution in [3.8, 4) is 17.2 Å². The van der Waals surface area contributed by atoms with Crippen molar-refractivity contribution in [2.45, 2.75) is 50.6 Å². The molecule has 1 unspecified atom stereocenters. The topological polar surface area (TPSA) is 129 Å². The van der Waals surface area contributed by atoms with Crippen LogP contribution in [-0.4, -0.2) is 41.8 Å². The number of carbonyl (C=O) groups is 3. The molecule has 0 spiro atoms. The fourth-order valence-electron chi connectivity index (χ4n) is 4.09. The lowest BCUT2D eigenvalue weighted by molar-refractivity contribution is -0.137. The molecule has 0 bridgehead atoms. The Kier molecular flexibility index (Phi) is 8.03. The Morgan fingerprint density at radius 2 is 1.67 bits per heavy atom. The molecule has 33 heavy (non-hydrogen) atoms. The maximum atomic E-state index is 12.6. The minimum atomic E-state index is -1.03. The van der Waals surface area contributed by atoms with Crippen LogP contribution in [0.5, 0.6) is 0 Å². The van der Waals surface area contributed by atoms with E-state index in [1.54, 1.807) is 6.92 Å². The number of hydrogen-bond donors (Lipinski definition) is 3. The number of nitriles is 1. The molecule has 2 aromatic rings. The number of hydrogen-bond acceptors (Lipinski definition) is 5. The number of alkyl carbamates (subject to hydrolysis) is 1. The highest BCUT2D eigenvalue weighted by atomic mass is 16.5. The Balaban J connectivity index is 1.63. The third kappa shape index (κ3) is 6.10. The molecular weight excluding hydrogens is 422 g/mol. The Morgan fingerprint density at radius 1 is 1.06 bits per heavy atom. The first kappa shape index (κ1) is 23.8. The van der Waals surface area contributed by atoms with Gasteiger partial charge in [0.1, 0.15) is 12.6 Å². The number of rotatable bonds is 10. The van der Waals surface area contributed by atoms with Gasteiger partial charge in [0.2, 0.25) is 5.91 Å². The smallest absolute Gasteiger partial charge is 0.407 e. The summed E-state index contributed by atoms with van der Waals surface area (Å²) in [6, 6.07) is 16.5. The predicted molar refractivity (Wildman–Crippen MR) is 121 cm³/mol. The van der Waals surface area contributed by atoms with Crippen LogP contribution in [-0.2, 0) is 14.3 Å². The standard InChI is InChI=1S/C25H27N3O5/c1-16(14-23(29)30)27-24(31)22(12-6-7-13-26)28-25(32)33-15-21-19-10-4-2-8-17(19)18-9-3-5-11-20(18)21/h2-5,8-11,16,21-22H,6-7,12,14-15H2,1H3,(H,27,31)(H,28,32)(H,29,30)/t16-,22?/m1/s1. The second-order valence-electron chi connectivity index (χ2n) is 8.08. The van der Waals surface area contributed by atoms with Gasteiger partial charge in [-0.2, -0.15) is 5.26 Å². The quantitative estimate of drug-likeness (QED) is 0.476. The molecule has 0 aromatic heterocycles. The number of ether oxygens (including phenoxy) is 1. The van der Waals surface area contributed by atoms with E-state index < -0.39 is 30.1 Å². The summed E-state index contributed by atoms with van der Waals surface area (Å²) in [5.41, 5.74) is 4.39. The Bertz CT molecular complexity index is 1020. The first-order valence-corrected chi connectivity index (χ1v) is 10.9. The number of unbranched alkanes of at least 4 members (excludes halogenated alkanes) is 1. The van der Waals surface area contributed by atoms with Crippen molar-refractivity contribution in [2.75, 3.05) is 6.61 Å². The maximum Gasteiger partial charge on any atom is 0.407 e. The largest absolute Gasteiger partial charge is 0.481 e. The molecule has 2 atom stereocenters. The highest BCUT2D eigenvalue weighted by Crippen LogP contribution is 2.44.